The van der Waals surface area contributed by atoms with Crippen molar-refractivity contribution in [3.05, 3.63) is 70.6 Å². The first-order valence-corrected chi connectivity index (χ1v) is 12.9. The van der Waals surface area contributed by atoms with Gasteiger partial charge in [-0.05, 0) is 55.5 Å². The number of carbonyl (C=O) groups excluding carboxylic acids is 3. The molecular weight excluding hydrogens is 484 g/mol. The minimum Gasteiger partial charge on any atom is -0.495 e. The van der Waals surface area contributed by atoms with Crippen molar-refractivity contribution in [2.24, 2.45) is 0 Å². The molecule has 0 atom stereocenters. The third-order valence-electron chi connectivity index (χ3n) is 7.51. The van der Waals surface area contributed by atoms with Gasteiger partial charge in [0.25, 0.3) is 5.91 Å². The summed E-state index contributed by atoms with van der Waals surface area (Å²) in [4.78, 5) is 41.1. The molecule has 0 radical (unpaired) electrons. The topological polar surface area (TPSA) is 94.2 Å². The molecule has 5 rings (SSSR count). The lowest BCUT2D eigenvalue weighted by Crippen LogP contribution is -2.37. The van der Waals surface area contributed by atoms with Gasteiger partial charge in [0.1, 0.15) is 5.75 Å². The molecule has 38 heavy (non-hydrogen) atoms. The second kappa shape index (κ2) is 10.7. The molecule has 0 unspecified atom stereocenters. The number of para-hydroxylation sites is 2. The Morgan fingerprint density at radius 2 is 1.50 bits per heavy atom. The number of amides is 1. The van der Waals surface area contributed by atoms with Crippen LogP contribution < -0.4 is 19.5 Å². The average molecular weight is 517 g/mol. The summed E-state index contributed by atoms with van der Waals surface area (Å²) in [6.07, 6.45) is 4.24. The number of ether oxygens (including phenoxy) is 3. The summed E-state index contributed by atoms with van der Waals surface area (Å²) in [6, 6.07) is 12.6. The number of hydrogen-bond donors (Lipinski definition) is 1. The number of benzene rings is 2. The van der Waals surface area contributed by atoms with Gasteiger partial charge >= 0.3 is 0 Å². The molecule has 1 aliphatic heterocycles. The standard InChI is InChI=1S/C30H32N2O6/c1-32-20-9-6-11-22(33)29(20)28(30-21(32)10-7-12-23(30)34)18-14-15-25(26(16-18)37-3)38-17-27(35)31-19-8-4-5-13-24(19)36-2/h4-5,8,13-16,28H,6-7,9-12,17H2,1-3H3,(H,31,35). The molecule has 0 bridgehead atoms. The van der Waals surface area contributed by atoms with E-state index >= 15 is 0 Å². The maximum Gasteiger partial charge on any atom is 0.262 e. The van der Waals surface area contributed by atoms with Crippen LogP contribution in [0.2, 0.25) is 0 Å². The van der Waals surface area contributed by atoms with Crippen LogP contribution in [0.1, 0.15) is 50.0 Å². The molecule has 198 valence electrons. The second-order valence-electron chi connectivity index (χ2n) is 9.71. The van der Waals surface area contributed by atoms with Gasteiger partial charge in [0, 0.05) is 48.3 Å². The lowest BCUT2D eigenvalue weighted by Gasteiger charge is -2.42. The fourth-order valence-corrected chi connectivity index (χ4v) is 5.75. The summed E-state index contributed by atoms with van der Waals surface area (Å²) in [5, 5.41) is 2.79. The monoisotopic (exact) mass is 516 g/mol. The Hall–Kier alpha value is -4.07. The molecule has 1 amide bonds. The Balaban J connectivity index is 1.43. The number of nitrogens with zero attached hydrogens (tertiary/aromatic N) is 1. The zero-order valence-electron chi connectivity index (χ0n) is 22.0. The molecule has 0 saturated carbocycles. The summed E-state index contributed by atoms with van der Waals surface area (Å²) in [6.45, 7) is -0.233. The van der Waals surface area contributed by atoms with Gasteiger partial charge in [-0.2, -0.15) is 0 Å². The Labute approximate surface area is 222 Å². The molecule has 2 aliphatic carbocycles. The molecule has 8 nitrogen and oxygen atoms in total. The summed E-state index contributed by atoms with van der Waals surface area (Å²) in [7, 11) is 5.05. The van der Waals surface area contributed by atoms with Gasteiger partial charge in [0.2, 0.25) is 0 Å². The van der Waals surface area contributed by atoms with Crippen molar-refractivity contribution in [2.45, 2.75) is 44.4 Å². The van der Waals surface area contributed by atoms with Crippen molar-refractivity contribution in [3.63, 3.8) is 0 Å². The molecule has 2 aromatic rings. The third-order valence-corrected chi connectivity index (χ3v) is 7.51. The highest BCUT2D eigenvalue weighted by Crippen LogP contribution is 2.49. The number of ketones is 2. The minimum atomic E-state index is -0.423. The van der Waals surface area contributed by atoms with E-state index in [9.17, 15) is 14.4 Å². The molecule has 1 heterocycles. The van der Waals surface area contributed by atoms with Crippen molar-refractivity contribution >= 4 is 23.2 Å². The van der Waals surface area contributed by atoms with Crippen LogP contribution in [-0.4, -0.2) is 50.2 Å². The maximum absolute atomic E-state index is 13.2. The Morgan fingerprint density at radius 1 is 0.868 bits per heavy atom. The number of allylic oxidation sites excluding steroid dienone is 4. The molecule has 3 aliphatic rings. The van der Waals surface area contributed by atoms with E-state index in [1.54, 1.807) is 24.3 Å². The highest BCUT2D eigenvalue weighted by Gasteiger charge is 2.42. The van der Waals surface area contributed by atoms with Crippen LogP contribution in [0.15, 0.2) is 65.0 Å². The highest BCUT2D eigenvalue weighted by molar-refractivity contribution is 6.06. The van der Waals surface area contributed by atoms with Gasteiger partial charge in [0.15, 0.2) is 29.7 Å². The van der Waals surface area contributed by atoms with Crippen LogP contribution in [0.3, 0.4) is 0 Å². The van der Waals surface area contributed by atoms with Gasteiger partial charge in [0.05, 0.1) is 19.9 Å². The molecule has 2 aromatic carbocycles. The van der Waals surface area contributed by atoms with Crippen LogP contribution >= 0.6 is 0 Å². The van der Waals surface area contributed by atoms with E-state index in [1.807, 2.05) is 25.2 Å². The predicted molar refractivity (Wildman–Crippen MR) is 142 cm³/mol. The Kier molecular flexibility index (Phi) is 7.22. The summed E-state index contributed by atoms with van der Waals surface area (Å²) in [5.74, 6) is 0.809. The normalized spacial score (nSPS) is 17.7. The molecule has 0 saturated heterocycles. The maximum atomic E-state index is 13.2. The van der Waals surface area contributed by atoms with Crippen LogP contribution in [0.25, 0.3) is 0 Å². The highest BCUT2D eigenvalue weighted by atomic mass is 16.5. The molecule has 0 spiro atoms. The van der Waals surface area contributed by atoms with Crippen molar-refractivity contribution < 1.29 is 28.6 Å². The van der Waals surface area contributed by atoms with Gasteiger partial charge in [-0.25, -0.2) is 0 Å². The largest absolute Gasteiger partial charge is 0.495 e. The summed E-state index contributed by atoms with van der Waals surface area (Å²) in [5.41, 5.74) is 4.85. The van der Waals surface area contributed by atoms with Crippen molar-refractivity contribution in [1.29, 1.82) is 0 Å². The quantitative estimate of drug-likeness (QED) is 0.567. The smallest absolute Gasteiger partial charge is 0.262 e. The first-order valence-electron chi connectivity index (χ1n) is 12.9. The molecule has 0 aromatic heterocycles. The number of anilines is 1. The van der Waals surface area contributed by atoms with Crippen molar-refractivity contribution in [3.8, 4) is 17.2 Å². The first-order chi connectivity index (χ1) is 18.4. The number of hydrogen-bond acceptors (Lipinski definition) is 7. The van der Waals surface area contributed by atoms with Crippen molar-refractivity contribution in [2.75, 3.05) is 33.2 Å². The van der Waals surface area contributed by atoms with E-state index in [1.165, 1.54) is 14.2 Å². The SMILES string of the molecule is COc1ccccc1NC(=O)COc1ccc(C2C3=C(CCCC3=O)N(C)C3=C2C(=O)CCC3)cc1OC. The lowest BCUT2D eigenvalue weighted by molar-refractivity contribution is -0.118. The fraction of sp³-hybridized carbons (Fsp3) is 0.367. The van der Waals surface area contributed by atoms with E-state index in [-0.39, 0.29) is 24.1 Å². The van der Waals surface area contributed by atoms with Crippen LogP contribution in [-0.2, 0) is 14.4 Å². The number of Topliss-reactive ketones (excluding diaryl/α,β-unsaturated/α-hetero) is 2. The van der Waals surface area contributed by atoms with Gasteiger partial charge in [-0.15, -0.1) is 0 Å². The molecule has 8 heteroatoms. The van der Waals surface area contributed by atoms with Crippen LogP contribution in [0.4, 0.5) is 5.69 Å². The molecule has 1 N–H and O–H groups in total. The number of carbonyl (C=O) groups is 3. The average Bonchev–Trinajstić information content (AvgIpc) is 2.93. The zero-order valence-corrected chi connectivity index (χ0v) is 22.0. The molecular formula is C30H32N2O6. The summed E-state index contributed by atoms with van der Waals surface area (Å²) >= 11 is 0. The Bertz CT molecular complexity index is 1310. The van der Waals surface area contributed by atoms with E-state index < -0.39 is 5.92 Å². The third kappa shape index (κ3) is 4.66. The van der Waals surface area contributed by atoms with E-state index in [0.29, 0.717) is 35.8 Å². The van der Waals surface area contributed by atoms with Gasteiger partial charge in [-0.3, -0.25) is 14.4 Å². The van der Waals surface area contributed by atoms with Gasteiger partial charge in [-0.1, -0.05) is 18.2 Å². The number of methoxy groups -OCH3 is 2. The minimum absolute atomic E-state index is 0.0975. The zero-order chi connectivity index (χ0) is 26.8. The molecule has 0 fully saturated rings. The van der Waals surface area contributed by atoms with Crippen LogP contribution in [0.5, 0.6) is 17.2 Å². The summed E-state index contributed by atoms with van der Waals surface area (Å²) < 4.78 is 16.7. The van der Waals surface area contributed by atoms with E-state index in [0.717, 1.165) is 53.8 Å². The van der Waals surface area contributed by atoms with Crippen LogP contribution in [0, 0.1) is 0 Å². The fourth-order valence-electron chi connectivity index (χ4n) is 5.75. The second-order valence-corrected chi connectivity index (χ2v) is 9.71. The number of rotatable bonds is 7. The Morgan fingerprint density at radius 3 is 2.13 bits per heavy atom. The van der Waals surface area contributed by atoms with E-state index in [2.05, 4.69) is 10.2 Å². The van der Waals surface area contributed by atoms with Gasteiger partial charge < -0.3 is 24.4 Å². The predicted octanol–water partition coefficient (Wildman–Crippen LogP) is 4.76. The number of nitrogens with one attached hydrogen (secondary N) is 1. The van der Waals surface area contributed by atoms with Crippen molar-refractivity contribution in [1.82, 2.24) is 4.90 Å². The first kappa shape index (κ1) is 25.6. The lowest BCUT2D eigenvalue weighted by atomic mass is 9.71. The van der Waals surface area contributed by atoms with E-state index in [4.69, 9.17) is 14.2 Å².